The van der Waals surface area contributed by atoms with Crippen LogP contribution in [0.5, 0.6) is 5.75 Å². The van der Waals surface area contributed by atoms with Gasteiger partial charge in [0.15, 0.2) is 0 Å². The second-order valence-corrected chi connectivity index (χ2v) is 9.90. The van der Waals surface area contributed by atoms with Crippen molar-refractivity contribution < 1.29 is 9.47 Å². The van der Waals surface area contributed by atoms with Crippen molar-refractivity contribution in [3.63, 3.8) is 0 Å². The molecule has 34 heavy (non-hydrogen) atoms. The summed E-state index contributed by atoms with van der Waals surface area (Å²) < 4.78 is 11.3. The van der Waals surface area contributed by atoms with Gasteiger partial charge in [-0.2, -0.15) is 0 Å². The van der Waals surface area contributed by atoms with Crippen molar-refractivity contribution in [3.8, 4) is 5.75 Å². The zero-order valence-corrected chi connectivity index (χ0v) is 21.1. The van der Waals surface area contributed by atoms with E-state index in [0.717, 1.165) is 56.3 Å². The fraction of sp³-hybridized carbons (Fsp3) is 0.448. The van der Waals surface area contributed by atoms with Crippen LogP contribution in [0.15, 0.2) is 60.0 Å². The van der Waals surface area contributed by atoms with Crippen molar-refractivity contribution in [2.45, 2.75) is 59.0 Å². The molecule has 0 spiro atoms. The highest BCUT2D eigenvalue weighted by atomic mass is 16.5. The Kier molecular flexibility index (Phi) is 7.71. The maximum absolute atomic E-state index is 5.81. The van der Waals surface area contributed by atoms with Gasteiger partial charge in [0.25, 0.3) is 0 Å². The van der Waals surface area contributed by atoms with Crippen molar-refractivity contribution in [2.24, 2.45) is 0 Å². The third-order valence-corrected chi connectivity index (χ3v) is 6.28. The molecule has 0 aromatic heterocycles. The summed E-state index contributed by atoms with van der Waals surface area (Å²) in [5.74, 6) is 2.05. The highest BCUT2D eigenvalue weighted by Crippen LogP contribution is 2.30. The van der Waals surface area contributed by atoms with Crippen molar-refractivity contribution in [3.05, 3.63) is 76.7 Å². The molecule has 3 aliphatic heterocycles. The number of para-hydroxylation sites is 1. The first-order chi connectivity index (χ1) is 16.4. The molecule has 0 unspecified atom stereocenters. The largest absolute Gasteiger partial charge is 0.489 e. The summed E-state index contributed by atoms with van der Waals surface area (Å²) >= 11 is 0. The Hall–Kier alpha value is -3.08. The average molecular weight is 462 g/mol. The molecule has 0 saturated carbocycles. The Labute approximate surface area is 204 Å². The molecule has 1 fully saturated rings. The summed E-state index contributed by atoms with van der Waals surface area (Å²) in [4.78, 5) is 0. The highest BCUT2D eigenvalue weighted by molar-refractivity contribution is 5.60. The Morgan fingerprint density at radius 2 is 1.71 bits per heavy atom. The number of ether oxygens (including phenoxy) is 2. The second kappa shape index (κ2) is 10.9. The molecular weight excluding hydrogens is 422 g/mol. The molecule has 6 rings (SSSR count). The summed E-state index contributed by atoms with van der Waals surface area (Å²) in [5, 5.41) is 10.0. The standard InChI is InChI=1S/C10H15NO.C10H13N.C9H11NO/c1-10(2)7-11-8-5-3-4-6-9(8)12-10;1-8-4-5-10-9(7-8)3-2-6-11-10;1-7-3-2-4-8-9(7)11-6-5-10-8/h5-6,11H,3-4,7H2,1-2H3;4-5,7,11H,2-3,6H2,1H3;2-4,10H,5-6H2,1H3. The number of hydrogen-bond donors (Lipinski definition) is 3. The van der Waals surface area contributed by atoms with E-state index in [4.69, 9.17) is 9.47 Å². The van der Waals surface area contributed by atoms with Crippen LogP contribution >= 0.6 is 0 Å². The predicted molar refractivity (Wildman–Crippen MR) is 142 cm³/mol. The molecule has 0 bridgehead atoms. The maximum Gasteiger partial charge on any atom is 0.145 e. The minimum absolute atomic E-state index is 0.0550. The lowest BCUT2D eigenvalue weighted by molar-refractivity contribution is 0.0216. The van der Waals surface area contributed by atoms with Gasteiger partial charge in [0.1, 0.15) is 23.7 Å². The van der Waals surface area contributed by atoms with E-state index in [1.165, 1.54) is 40.9 Å². The minimum atomic E-state index is -0.0550. The minimum Gasteiger partial charge on any atom is -0.489 e. The number of aryl methyl sites for hydroxylation is 3. The van der Waals surface area contributed by atoms with Crippen molar-refractivity contribution in [2.75, 3.05) is 36.9 Å². The first kappa shape index (κ1) is 24.1. The fourth-order valence-electron chi connectivity index (χ4n) is 4.48. The van der Waals surface area contributed by atoms with Crippen molar-refractivity contribution in [1.82, 2.24) is 5.32 Å². The Morgan fingerprint density at radius 1 is 0.882 bits per heavy atom. The van der Waals surface area contributed by atoms with Gasteiger partial charge >= 0.3 is 0 Å². The molecule has 0 amide bonds. The van der Waals surface area contributed by atoms with Crippen LogP contribution in [-0.2, 0) is 11.2 Å². The molecule has 0 atom stereocenters. The maximum atomic E-state index is 5.81. The molecule has 5 nitrogen and oxygen atoms in total. The van der Waals surface area contributed by atoms with Crippen LogP contribution in [0.2, 0.25) is 0 Å². The number of benzene rings is 2. The molecule has 3 heterocycles. The number of allylic oxidation sites excluding steroid dienone is 2. The number of hydrogen-bond acceptors (Lipinski definition) is 5. The van der Waals surface area contributed by atoms with Crippen molar-refractivity contribution in [1.29, 1.82) is 0 Å². The van der Waals surface area contributed by atoms with Crippen LogP contribution in [0.3, 0.4) is 0 Å². The molecule has 2 aromatic rings. The van der Waals surface area contributed by atoms with Crippen LogP contribution in [-0.4, -0.2) is 31.8 Å². The summed E-state index contributed by atoms with van der Waals surface area (Å²) in [5.41, 5.74) is 7.64. The van der Waals surface area contributed by atoms with Crippen molar-refractivity contribution >= 4 is 11.4 Å². The van der Waals surface area contributed by atoms with Gasteiger partial charge in [0, 0.05) is 18.8 Å². The van der Waals surface area contributed by atoms with Gasteiger partial charge in [-0.25, -0.2) is 0 Å². The normalized spacial score (nSPS) is 18.8. The third kappa shape index (κ3) is 6.28. The SMILES string of the molecule is CC1(C)CNC2=CCCC=C2O1.Cc1ccc2c(c1)CCCN2.Cc1cccc2c1OCCN2. The quantitative estimate of drug-likeness (QED) is 0.443. The third-order valence-electron chi connectivity index (χ3n) is 6.28. The first-order valence-corrected chi connectivity index (χ1v) is 12.5. The van der Waals surface area contributed by atoms with E-state index < -0.39 is 0 Å². The summed E-state index contributed by atoms with van der Waals surface area (Å²) in [6.07, 6.45) is 9.14. The predicted octanol–water partition coefficient (Wildman–Crippen LogP) is 6.10. The van der Waals surface area contributed by atoms with Gasteiger partial charge in [-0.3, -0.25) is 0 Å². The summed E-state index contributed by atoms with van der Waals surface area (Å²) in [7, 11) is 0. The lowest BCUT2D eigenvalue weighted by Gasteiger charge is -2.36. The lowest BCUT2D eigenvalue weighted by Crippen LogP contribution is -2.43. The van der Waals surface area contributed by atoms with Crippen LogP contribution in [0.4, 0.5) is 11.4 Å². The number of rotatable bonds is 0. The second-order valence-electron chi connectivity index (χ2n) is 9.90. The van der Waals surface area contributed by atoms with Crippen LogP contribution in [0.25, 0.3) is 0 Å². The van der Waals surface area contributed by atoms with E-state index in [0.29, 0.717) is 0 Å². The van der Waals surface area contributed by atoms with E-state index in [-0.39, 0.29) is 5.60 Å². The van der Waals surface area contributed by atoms with E-state index in [1.54, 1.807) is 0 Å². The van der Waals surface area contributed by atoms with E-state index in [1.807, 2.05) is 12.1 Å². The van der Waals surface area contributed by atoms with Crippen LogP contribution < -0.4 is 20.7 Å². The number of fused-ring (bicyclic) bond motifs is 3. The molecule has 2 aromatic carbocycles. The average Bonchev–Trinajstić information content (AvgIpc) is 2.84. The number of anilines is 2. The van der Waals surface area contributed by atoms with Crippen LogP contribution in [0.1, 0.15) is 49.8 Å². The van der Waals surface area contributed by atoms with E-state index >= 15 is 0 Å². The fourth-order valence-corrected chi connectivity index (χ4v) is 4.48. The summed E-state index contributed by atoms with van der Waals surface area (Å²) in [6.45, 7) is 12.1. The molecule has 0 radical (unpaired) electrons. The number of nitrogens with one attached hydrogen (secondary N) is 3. The number of morpholine rings is 1. The Morgan fingerprint density at radius 3 is 2.56 bits per heavy atom. The molecule has 182 valence electrons. The molecule has 5 heteroatoms. The molecule has 1 saturated heterocycles. The van der Waals surface area contributed by atoms with Gasteiger partial charge in [-0.1, -0.05) is 35.9 Å². The van der Waals surface area contributed by atoms with E-state index in [2.05, 4.69) is 80.1 Å². The Bertz CT molecular complexity index is 1050. The molecule has 3 N–H and O–H groups in total. The smallest absolute Gasteiger partial charge is 0.145 e. The summed E-state index contributed by atoms with van der Waals surface area (Å²) in [6, 6.07) is 12.8. The molecular formula is C29H39N3O2. The zero-order valence-electron chi connectivity index (χ0n) is 21.1. The zero-order chi connectivity index (χ0) is 24.0. The van der Waals surface area contributed by atoms with Gasteiger partial charge in [-0.15, -0.1) is 0 Å². The van der Waals surface area contributed by atoms with Gasteiger partial charge in [0.05, 0.1) is 17.9 Å². The Balaban J connectivity index is 0.000000121. The van der Waals surface area contributed by atoms with Gasteiger partial charge in [-0.05, 0) is 82.7 Å². The van der Waals surface area contributed by atoms with E-state index in [9.17, 15) is 0 Å². The van der Waals surface area contributed by atoms with Crippen LogP contribution in [0, 0.1) is 13.8 Å². The molecule has 4 aliphatic rings. The highest BCUT2D eigenvalue weighted by Gasteiger charge is 2.28. The monoisotopic (exact) mass is 461 g/mol. The lowest BCUT2D eigenvalue weighted by atomic mass is 10.0. The van der Waals surface area contributed by atoms with Gasteiger partial charge in [0.2, 0.25) is 0 Å². The molecule has 1 aliphatic carbocycles. The van der Waals surface area contributed by atoms with Gasteiger partial charge < -0.3 is 25.4 Å². The first-order valence-electron chi connectivity index (χ1n) is 12.5. The topological polar surface area (TPSA) is 54.5 Å².